The van der Waals surface area contributed by atoms with Crippen LogP contribution in [0, 0.1) is 13.8 Å². The molecule has 22 heavy (non-hydrogen) atoms. The Morgan fingerprint density at radius 1 is 1.09 bits per heavy atom. The highest BCUT2D eigenvalue weighted by Crippen LogP contribution is 2.20. The van der Waals surface area contributed by atoms with Crippen LogP contribution in [-0.2, 0) is 0 Å². The van der Waals surface area contributed by atoms with Crippen LogP contribution in [0.15, 0.2) is 41.5 Å². The minimum absolute atomic E-state index is 0.138. The number of rotatable bonds is 1. The van der Waals surface area contributed by atoms with Crippen LogP contribution in [-0.4, -0.2) is 24.6 Å². The van der Waals surface area contributed by atoms with E-state index in [1.54, 1.807) is 22.8 Å². The van der Waals surface area contributed by atoms with Crippen molar-refractivity contribution in [1.82, 2.24) is 24.6 Å². The molecule has 0 aliphatic carbocycles. The Hall–Kier alpha value is -3.02. The molecule has 1 N–H and O–H groups in total. The van der Waals surface area contributed by atoms with Crippen LogP contribution >= 0.6 is 0 Å². The summed E-state index contributed by atoms with van der Waals surface area (Å²) in [6.07, 6.45) is 3.49. The highest BCUT2D eigenvalue weighted by molar-refractivity contribution is 5.80. The predicted octanol–water partition coefficient (Wildman–Crippen LogP) is 2.25. The molecule has 6 nitrogen and oxygen atoms in total. The summed E-state index contributed by atoms with van der Waals surface area (Å²) in [4.78, 5) is 23.4. The molecule has 4 aromatic heterocycles. The molecule has 0 bridgehead atoms. The van der Waals surface area contributed by atoms with Crippen molar-refractivity contribution in [1.29, 1.82) is 0 Å². The number of aromatic nitrogens is 5. The smallest absolute Gasteiger partial charge is 0.257 e. The average Bonchev–Trinajstić information content (AvgIpc) is 2.88. The fourth-order valence-electron chi connectivity index (χ4n) is 2.58. The van der Waals surface area contributed by atoms with E-state index in [1.807, 2.05) is 32.2 Å². The Bertz CT molecular complexity index is 1080. The second-order valence-electron chi connectivity index (χ2n) is 5.30. The van der Waals surface area contributed by atoms with Gasteiger partial charge < -0.3 is 4.98 Å². The number of nitrogens with one attached hydrogen (secondary N) is 1. The van der Waals surface area contributed by atoms with Crippen molar-refractivity contribution in [2.24, 2.45) is 0 Å². The van der Waals surface area contributed by atoms with Gasteiger partial charge in [0, 0.05) is 6.20 Å². The van der Waals surface area contributed by atoms with Gasteiger partial charge in [0.1, 0.15) is 5.69 Å². The molecule has 0 aliphatic rings. The molecule has 0 fully saturated rings. The van der Waals surface area contributed by atoms with Gasteiger partial charge in [-0.3, -0.25) is 4.79 Å². The van der Waals surface area contributed by atoms with Gasteiger partial charge in [0.05, 0.1) is 28.5 Å². The number of H-pyrrole nitrogens is 1. The van der Waals surface area contributed by atoms with Crippen molar-refractivity contribution >= 4 is 16.6 Å². The van der Waals surface area contributed by atoms with Crippen LogP contribution in [0.5, 0.6) is 0 Å². The molecule has 108 valence electrons. The van der Waals surface area contributed by atoms with Crippen molar-refractivity contribution in [2.75, 3.05) is 0 Å². The lowest BCUT2D eigenvalue weighted by atomic mass is 10.2. The van der Waals surface area contributed by atoms with Crippen molar-refractivity contribution < 1.29 is 0 Å². The SMILES string of the molecule is Cc1cn2nc(-c3ccc4c(=O)[nH]ccc4n3)cc(C)c2n1. The zero-order chi connectivity index (χ0) is 15.3. The molecule has 0 atom stereocenters. The van der Waals surface area contributed by atoms with Gasteiger partial charge in [-0.25, -0.2) is 14.5 Å². The first-order valence-electron chi connectivity index (χ1n) is 6.94. The molecule has 0 aliphatic heterocycles. The van der Waals surface area contributed by atoms with Gasteiger partial charge in [0.15, 0.2) is 5.65 Å². The van der Waals surface area contributed by atoms with Gasteiger partial charge in [0.2, 0.25) is 0 Å². The number of aromatic amines is 1. The average molecular weight is 291 g/mol. The largest absolute Gasteiger partial charge is 0.328 e. The molecular weight excluding hydrogens is 278 g/mol. The van der Waals surface area contributed by atoms with Gasteiger partial charge in [-0.2, -0.15) is 5.10 Å². The predicted molar refractivity (Wildman–Crippen MR) is 83.8 cm³/mol. The summed E-state index contributed by atoms with van der Waals surface area (Å²) in [6, 6.07) is 7.34. The maximum absolute atomic E-state index is 11.7. The Morgan fingerprint density at radius 3 is 2.82 bits per heavy atom. The van der Waals surface area contributed by atoms with E-state index in [4.69, 9.17) is 0 Å². The fourth-order valence-corrected chi connectivity index (χ4v) is 2.58. The number of hydrogen-bond donors (Lipinski definition) is 1. The van der Waals surface area contributed by atoms with E-state index < -0.39 is 0 Å². The van der Waals surface area contributed by atoms with Crippen molar-refractivity contribution in [2.45, 2.75) is 13.8 Å². The molecular formula is C16H13N5O. The standard InChI is InChI=1S/C16H13N5O/c1-9-7-14(20-21-8-10(2)18-15(9)21)13-4-3-11-12(19-13)5-6-17-16(11)22/h3-8H,1-2H3,(H,17,22). The molecule has 0 radical (unpaired) electrons. The van der Waals surface area contributed by atoms with Crippen LogP contribution in [0.4, 0.5) is 0 Å². The van der Waals surface area contributed by atoms with Gasteiger partial charge >= 0.3 is 0 Å². The van der Waals surface area contributed by atoms with Crippen LogP contribution in [0.3, 0.4) is 0 Å². The minimum Gasteiger partial charge on any atom is -0.328 e. The summed E-state index contributed by atoms with van der Waals surface area (Å²) < 4.78 is 1.77. The second-order valence-corrected chi connectivity index (χ2v) is 5.30. The first kappa shape index (κ1) is 12.7. The Kier molecular flexibility index (Phi) is 2.59. The van der Waals surface area contributed by atoms with Crippen LogP contribution in [0.2, 0.25) is 0 Å². The molecule has 6 heteroatoms. The molecule has 4 aromatic rings. The molecule has 4 rings (SSSR count). The van der Waals surface area contributed by atoms with Gasteiger partial charge in [-0.1, -0.05) is 0 Å². The van der Waals surface area contributed by atoms with E-state index in [-0.39, 0.29) is 5.56 Å². The number of aryl methyl sites for hydroxylation is 2. The lowest BCUT2D eigenvalue weighted by Gasteiger charge is -2.05. The number of pyridine rings is 2. The number of imidazole rings is 1. The molecule has 0 saturated carbocycles. The Labute approximate surface area is 125 Å². The topological polar surface area (TPSA) is 75.9 Å². The quantitative estimate of drug-likeness (QED) is 0.583. The molecule has 0 aromatic carbocycles. The fraction of sp³-hybridized carbons (Fsp3) is 0.125. The van der Waals surface area contributed by atoms with E-state index in [0.717, 1.165) is 28.3 Å². The van der Waals surface area contributed by atoms with Crippen LogP contribution in [0.1, 0.15) is 11.3 Å². The molecule has 0 amide bonds. The van der Waals surface area contributed by atoms with Crippen molar-refractivity contribution in [3.8, 4) is 11.4 Å². The number of hydrogen-bond acceptors (Lipinski definition) is 4. The van der Waals surface area contributed by atoms with E-state index in [0.29, 0.717) is 10.9 Å². The Balaban J connectivity index is 1.96. The zero-order valence-corrected chi connectivity index (χ0v) is 12.2. The first-order chi connectivity index (χ1) is 10.6. The lowest BCUT2D eigenvalue weighted by molar-refractivity contribution is 0.929. The molecule has 4 heterocycles. The normalized spacial score (nSPS) is 11.4. The minimum atomic E-state index is -0.138. The summed E-state index contributed by atoms with van der Waals surface area (Å²) in [5.41, 5.74) is 4.80. The monoisotopic (exact) mass is 291 g/mol. The number of nitrogens with zero attached hydrogens (tertiary/aromatic N) is 4. The maximum Gasteiger partial charge on any atom is 0.257 e. The van der Waals surface area contributed by atoms with E-state index in [2.05, 4.69) is 20.1 Å². The summed E-state index contributed by atoms with van der Waals surface area (Å²) >= 11 is 0. The van der Waals surface area contributed by atoms with Gasteiger partial charge in [-0.15, -0.1) is 0 Å². The van der Waals surface area contributed by atoms with Crippen LogP contribution < -0.4 is 5.56 Å². The zero-order valence-electron chi connectivity index (χ0n) is 12.2. The highest BCUT2D eigenvalue weighted by Gasteiger charge is 2.09. The summed E-state index contributed by atoms with van der Waals surface area (Å²) in [5.74, 6) is 0. The third-order valence-corrected chi connectivity index (χ3v) is 3.62. The molecule has 0 saturated heterocycles. The third-order valence-electron chi connectivity index (χ3n) is 3.62. The van der Waals surface area contributed by atoms with E-state index in [9.17, 15) is 4.79 Å². The third kappa shape index (κ3) is 1.88. The van der Waals surface area contributed by atoms with Gasteiger partial charge in [-0.05, 0) is 43.7 Å². The van der Waals surface area contributed by atoms with Crippen molar-refractivity contribution in [3.63, 3.8) is 0 Å². The Morgan fingerprint density at radius 2 is 1.95 bits per heavy atom. The first-order valence-corrected chi connectivity index (χ1v) is 6.94. The second kappa shape index (κ2) is 4.49. The summed E-state index contributed by atoms with van der Waals surface area (Å²) in [7, 11) is 0. The van der Waals surface area contributed by atoms with Crippen LogP contribution in [0.25, 0.3) is 27.9 Å². The van der Waals surface area contributed by atoms with Crippen molar-refractivity contribution in [3.05, 3.63) is 58.3 Å². The van der Waals surface area contributed by atoms with Gasteiger partial charge in [0.25, 0.3) is 5.56 Å². The highest BCUT2D eigenvalue weighted by atomic mass is 16.1. The molecule has 0 unspecified atom stereocenters. The summed E-state index contributed by atoms with van der Waals surface area (Å²) in [6.45, 7) is 3.94. The van der Waals surface area contributed by atoms with E-state index >= 15 is 0 Å². The summed E-state index contributed by atoms with van der Waals surface area (Å²) in [5, 5.41) is 5.13. The maximum atomic E-state index is 11.7. The van der Waals surface area contributed by atoms with E-state index in [1.165, 1.54) is 0 Å². The number of fused-ring (bicyclic) bond motifs is 2. The lowest BCUT2D eigenvalue weighted by Crippen LogP contribution is -2.05. The molecule has 0 spiro atoms.